The molecule has 1 aliphatic heterocycles. The second-order valence-electron chi connectivity index (χ2n) is 6.11. The van der Waals surface area contributed by atoms with E-state index in [0.717, 1.165) is 58.0 Å². The summed E-state index contributed by atoms with van der Waals surface area (Å²) in [5, 5.41) is 9.54. The van der Waals surface area contributed by atoms with Crippen LogP contribution in [0.2, 0.25) is 0 Å². The summed E-state index contributed by atoms with van der Waals surface area (Å²) in [6, 6.07) is 0. The van der Waals surface area contributed by atoms with Gasteiger partial charge in [-0.15, -0.1) is 0 Å². The lowest BCUT2D eigenvalue weighted by molar-refractivity contribution is -0.139. The van der Waals surface area contributed by atoms with E-state index >= 15 is 0 Å². The number of amides is 1. The van der Waals surface area contributed by atoms with Crippen LogP contribution >= 0.6 is 0 Å². The molecule has 0 aliphatic carbocycles. The summed E-state index contributed by atoms with van der Waals surface area (Å²) in [5.74, 6) is 0.574. The number of carbonyl (C=O) groups excluding carboxylic acids is 1. The number of likely N-dealkylation sites (tertiary alicyclic amines) is 1. The molecule has 1 amide bonds. The fourth-order valence-corrected chi connectivity index (χ4v) is 3.17. The van der Waals surface area contributed by atoms with Crippen molar-refractivity contribution in [3.63, 3.8) is 0 Å². The van der Waals surface area contributed by atoms with Gasteiger partial charge in [-0.3, -0.25) is 4.79 Å². The molecule has 0 bridgehead atoms. The summed E-state index contributed by atoms with van der Waals surface area (Å²) in [7, 11) is 0. The zero-order valence-electron chi connectivity index (χ0n) is 13.0. The Morgan fingerprint density at radius 1 is 1.16 bits per heavy atom. The largest absolute Gasteiger partial charge is 0.396 e. The van der Waals surface area contributed by atoms with Crippen LogP contribution in [0.15, 0.2) is 0 Å². The number of carbonyl (C=O) groups is 1. The fraction of sp³-hybridized carbons (Fsp3) is 0.938. The minimum absolute atomic E-state index is 0.0712. The fourth-order valence-electron chi connectivity index (χ4n) is 3.17. The molecule has 3 nitrogen and oxygen atoms in total. The van der Waals surface area contributed by atoms with Gasteiger partial charge in [0.1, 0.15) is 0 Å². The van der Waals surface area contributed by atoms with Gasteiger partial charge in [0.05, 0.1) is 0 Å². The van der Waals surface area contributed by atoms with Crippen molar-refractivity contribution in [3.8, 4) is 0 Å². The minimum atomic E-state index is 0.0712. The van der Waals surface area contributed by atoms with Gasteiger partial charge in [-0.05, 0) is 37.5 Å². The van der Waals surface area contributed by atoms with E-state index in [4.69, 9.17) is 0 Å². The lowest BCUT2D eigenvalue weighted by Crippen LogP contribution is -2.46. The minimum Gasteiger partial charge on any atom is -0.396 e. The molecular weight excluding hydrogens is 238 g/mol. The highest BCUT2D eigenvalue weighted by Crippen LogP contribution is 2.35. The first-order valence-corrected chi connectivity index (χ1v) is 8.02. The summed E-state index contributed by atoms with van der Waals surface area (Å²) in [5.41, 5.74) is 0.0712. The predicted octanol–water partition coefficient (Wildman–Crippen LogP) is 3.21. The molecule has 0 radical (unpaired) electrons. The van der Waals surface area contributed by atoms with E-state index in [-0.39, 0.29) is 17.9 Å². The average molecular weight is 269 g/mol. The number of nitrogens with zero attached hydrogens (tertiary/aromatic N) is 1. The Labute approximate surface area is 118 Å². The molecule has 1 fully saturated rings. The van der Waals surface area contributed by atoms with Gasteiger partial charge in [0.25, 0.3) is 0 Å². The summed E-state index contributed by atoms with van der Waals surface area (Å²) >= 11 is 0. The van der Waals surface area contributed by atoms with Crippen LogP contribution in [0.4, 0.5) is 0 Å². The Hall–Kier alpha value is -0.570. The zero-order valence-corrected chi connectivity index (χ0v) is 13.0. The number of piperidine rings is 1. The smallest absolute Gasteiger partial charge is 0.225 e. The number of hydrogen-bond donors (Lipinski definition) is 1. The molecule has 0 aromatic carbocycles. The molecule has 0 aromatic rings. The summed E-state index contributed by atoms with van der Waals surface area (Å²) in [6.45, 7) is 8.37. The lowest BCUT2D eigenvalue weighted by Gasteiger charge is -2.41. The first-order valence-electron chi connectivity index (χ1n) is 8.02. The van der Waals surface area contributed by atoms with Crippen molar-refractivity contribution < 1.29 is 9.90 Å². The molecule has 0 atom stereocenters. The highest BCUT2D eigenvalue weighted by Gasteiger charge is 2.35. The molecule has 0 spiro atoms. The zero-order chi connectivity index (χ0) is 14.3. The predicted molar refractivity (Wildman–Crippen MR) is 78.9 cm³/mol. The van der Waals surface area contributed by atoms with E-state index in [0.29, 0.717) is 5.91 Å². The third-order valence-corrected chi connectivity index (χ3v) is 4.84. The monoisotopic (exact) mass is 269 g/mol. The molecule has 1 heterocycles. The maximum atomic E-state index is 12.5. The maximum absolute atomic E-state index is 12.5. The molecule has 19 heavy (non-hydrogen) atoms. The van der Waals surface area contributed by atoms with Gasteiger partial charge in [-0.2, -0.15) is 0 Å². The van der Waals surface area contributed by atoms with E-state index in [1.54, 1.807) is 0 Å². The summed E-state index contributed by atoms with van der Waals surface area (Å²) in [6.07, 6.45) is 7.12. The van der Waals surface area contributed by atoms with Gasteiger partial charge in [-0.25, -0.2) is 0 Å². The van der Waals surface area contributed by atoms with Gasteiger partial charge in [0, 0.05) is 25.6 Å². The van der Waals surface area contributed by atoms with Crippen molar-refractivity contribution in [3.05, 3.63) is 0 Å². The number of hydrogen-bond acceptors (Lipinski definition) is 2. The van der Waals surface area contributed by atoms with Crippen molar-refractivity contribution >= 4 is 5.91 Å². The lowest BCUT2D eigenvalue weighted by atomic mass is 9.76. The molecular formula is C16H31NO2. The van der Waals surface area contributed by atoms with Crippen molar-refractivity contribution in [2.75, 3.05) is 19.7 Å². The maximum Gasteiger partial charge on any atom is 0.225 e. The Morgan fingerprint density at radius 3 is 2.05 bits per heavy atom. The molecule has 112 valence electrons. The first kappa shape index (κ1) is 16.5. The Kier molecular flexibility index (Phi) is 6.84. The third-order valence-electron chi connectivity index (χ3n) is 4.84. The number of aliphatic hydroxyl groups is 1. The number of rotatable bonds is 7. The summed E-state index contributed by atoms with van der Waals surface area (Å²) < 4.78 is 0. The van der Waals surface area contributed by atoms with Gasteiger partial charge in [0.2, 0.25) is 5.91 Å². The SMILES string of the molecule is CCCC(CCC)C(=O)N1CCC(CC)(CO)CC1. The number of aliphatic hydroxyl groups excluding tert-OH is 1. The van der Waals surface area contributed by atoms with Crippen LogP contribution in [-0.2, 0) is 4.79 Å². The third kappa shape index (κ3) is 4.20. The van der Waals surface area contributed by atoms with Crippen LogP contribution in [-0.4, -0.2) is 35.6 Å². The molecule has 1 N–H and O–H groups in total. The van der Waals surface area contributed by atoms with Gasteiger partial charge < -0.3 is 10.0 Å². The molecule has 1 rings (SSSR count). The van der Waals surface area contributed by atoms with Crippen LogP contribution in [0.25, 0.3) is 0 Å². The highest BCUT2D eigenvalue weighted by atomic mass is 16.3. The standard InChI is InChI=1S/C16H31NO2/c1-4-7-14(8-5-2)15(19)17-11-9-16(6-3,13-18)10-12-17/h14,18H,4-13H2,1-3H3. The van der Waals surface area contributed by atoms with E-state index in [2.05, 4.69) is 20.8 Å². The van der Waals surface area contributed by atoms with Gasteiger partial charge >= 0.3 is 0 Å². The topological polar surface area (TPSA) is 40.5 Å². The van der Waals surface area contributed by atoms with Crippen molar-refractivity contribution in [1.82, 2.24) is 4.90 Å². The Morgan fingerprint density at radius 2 is 1.68 bits per heavy atom. The highest BCUT2D eigenvalue weighted by molar-refractivity contribution is 5.78. The van der Waals surface area contributed by atoms with E-state index in [1.165, 1.54) is 0 Å². The van der Waals surface area contributed by atoms with Gasteiger partial charge in [0.15, 0.2) is 0 Å². The quantitative estimate of drug-likeness (QED) is 0.771. The molecule has 0 unspecified atom stereocenters. The van der Waals surface area contributed by atoms with Crippen LogP contribution in [0.3, 0.4) is 0 Å². The second kappa shape index (κ2) is 7.88. The molecule has 0 aromatic heterocycles. The molecule has 1 aliphatic rings. The average Bonchev–Trinajstić information content (AvgIpc) is 2.46. The molecule has 3 heteroatoms. The molecule has 0 saturated carbocycles. The van der Waals surface area contributed by atoms with Crippen molar-refractivity contribution in [2.45, 2.75) is 65.7 Å². The van der Waals surface area contributed by atoms with Crippen molar-refractivity contribution in [2.24, 2.45) is 11.3 Å². The molecule has 1 saturated heterocycles. The van der Waals surface area contributed by atoms with Crippen LogP contribution in [0.1, 0.15) is 65.7 Å². The Bertz CT molecular complexity index is 258. The Balaban J connectivity index is 2.55. The summed E-state index contributed by atoms with van der Waals surface area (Å²) in [4.78, 5) is 14.6. The van der Waals surface area contributed by atoms with E-state index < -0.39 is 0 Å². The normalized spacial score (nSPS) is 18.9. The van der Waals surface area contributed by atoms with E-state index in [9.17, 15) is 9.90 Å². The van der Waals surface area contributed by atoms with Crippen LogP contribution in [0.5, 0.6) is 0 Å². The van der Waals surface area contributed by atoms with E-state index in [1.807, 2.05) is 4.90 Å². The first-order chi connectivity index (χ1) is 9.12. The van der Waals surface area contributed by atoms with Crippen molar-refractivity contribution in [1.29, 1.82) is 0 Å². The van der Waals surface area contributed by atoms with Crippen LogP contribution in [0, 0.1) is 11.3 Å². The van der Waals surface area contributed by atoms with Gasteiger partial charge in [-0.1, -0.05) is 33.6 Å². The second-order valence-corrected chi connectivity index (χ2v) is 6.11. The van der Waals surface area contributed by atoms with Crippen LogP contribution < -0.4 is 0 Å².